The first-order chi connectivity index (χ1) is 32.4. The van der Waals surface area contributed by atoms with Crippen LogP contribution in [0.25, 0.3) is 0 Å². The van der Waals surface area contributed by atoms with Crippen LogP contribution >= 0.6 is 0 Å². The molecule has 0 aliphatic carbocycles. The fourth-order valence-corrected chi connectivity index (χ4v) is 9.28. The molecule has 0 aromatic carbocycles. The molecule has 0 bridgehead atoms. The predicted octanol–water partition coefficient (Wildman–Crippen LogP) is 19.8. The van der Waals surface area contributed by atoms with Gasteiger partial charge in [-0.15, -0.1) is 0 Å². The van der Waals surface area contributed by atoms with Crippen LogP contribution in [0.5, 0.6) is 0 Å². The van der Waals surface area contributed by atoms with Crippen LogP contribution in [-0.4, -0.2) is 37.2 Å². The van der Waals surface area contributed by atoms with E-state index in [-0.39, 0.29) is 31.1 Å². The maximum atomic E-state index is 12.9. The summed E-state index contributed by atoms with van der Waals surface area (Å²) in [4.78, 5) is 38.1. The fraction of sp³-hybridized carbons (Fsp3) is 0.950. The zero-order chi connectivity index (χ0) is 48.1. The number of hydrogen-bond donors (Lipinski definition) is 0. The molecule has 0 unspecified atom stereocenters. The van der Waals surface area contributed by atoms with Gasteiger partial charge in [0.05, 0.1) is 0 Å². The smallest absolute Gasteiger partial charge is 0.306 e. The van der Waals surface area contributed by atoms with E-state index < -0.39 is 6.10 Å². The molecule has 0 fully saturated rings. The Morgan fingerprint density at radius 1 is 0.288 bits per heavy atom. The average molecular weight is 934 g/mol. The molecule has 0 aliphatic rings. The number of carbonyl (C=O) groups excluding carboxylic acids is 3. The lowest BCUT2D eigenvalue weighted by Crippen LogP contribution is -2.30. The molecule has 0 saturated heterocycles. The first-order valence-corrected chi connectivity index (χ1v) is 29.9. The summed E-state index contributed by atoms with van der Waals surface area (Å²) in [5.74, 6) is 0.0165. The van der Waals surface area contributed by atoms with Gasteiger partial charge >= 0.3 is 17.9 Å². The normalized spacial score (nSPS) is 12.0. The van der Waals surface area contributed by atoms with E-state index in [9.17, 15) is 14.4 Å². The van der Waals surface area contributed by atoms with Crippen molar-refractivity contribution in [3.05, 3.63) is 0 Å². The summed E-state index contributed by atoms with van der Waals surface area (Å²) < 4.78 is 16.9. The van der Waals surface area contributed by atoms with E-state index in [1.54, 1.807) is 0 Å². The van der Waals surface area contributed by atoms with Crippen LogP contribution in [0, 0.1) is 5.92 Å². The maximum absolute atomic E-state index is 12.9. The van der Waals surface area contributed by atoms with Crippen molar-refractivity contribution in [2.75, 3.05) is 13.2 Å². The van der Waals surface area contributed by atoms with Gasteiger partial charge in [0.1, 0.15) is 13.2 Å². The number of rotatable bonds is 55. The van der Waals surface area contributed by atoms with Crippen molar-refractivity contribution in [2.45, 2.75) is 348 Å². The average Bonchev–Trinajstić information content (AvgIpc) is 3.30. The van der Waals surface area contributed by atoms with Gasteiger partial charge in [0, 0.05) is 19.3 Å². The monoisotopic (exact) mass is 933 g/mol. The summed E-state index contributed by atoms with van der Waals surface area (Å²) in [6, 6.07) is 0. The molecular weight excluding hydrogens is 817 g/mol. The van der Waals surface area contributed by atoms with Crippen LogP contribution < -0.4 is 0 Å². The van der Waals surface area contributed by atoms with E-state index in [0.29, 0.717) is 19.3 Å². The molecule has 0 aromatic heterocycles. The molecular formula is C60H116O6. The number of hydrogen-bond acceptors (Lipinski definition) is 6. The third-order valence-electron chi connectivity index (χ3n) is 13.8. The molecule has 6 nitrogen and oxygen atoms in total. The third-order valence-corrected chi connectivity index (χ3v) is 13.8. The highest BCUT2D eigenvalue weighted by atomic mass is 16.6. The Labute approximate surface area is 412 Å². The highest BCUT2D eigenvalue weighted by molar-refractivity contribution is 5.71. The molecule has 0 aromatic rings. The topological polar surface area (TPSA) is 78.9 Å². The molecule has 0 saturated carbocycles. The van der Waals surface area contributed by atoms with Crippen LogP contribution in [0.15, 0.2) is 0 Å². The molecule has 66 heavy (non-hydrogen) atoms. The van der Waals surface area contributed by atoms with E-state index >= 15 is 0 Å². The minimum Gasteiger partial charge on any atom is -0.462 e. The number of ether oxygens (including phenoxy) is 3. The van der Waals surface area contributed by atoms with E-state index in [1.807, 2.05) is 0 Å². The van der Waals surface area contributed by atoms with E-state index in [4.69, 9.17) is 14.2 Å². The lowest BCUT2D eigenvalue weighted by atomic mass is 10.0. The zero-order valence-corrected chi connectivity index (χ0v) is 45.2. The van der Waals surface area contributed by atoms with Crippen molar-refractivity contribution in [3.63, 3.8) is 0 Å². The van der Waals surface area contributed by atoms with Gasteiger partial charge in [0.2, 0.25) is 0 Å². The van der Waals surface area contributed by atoms with Crippen molar-refractivity contribution in [1.82, 2.24) is 0 Å². The van der Waals surface area contributed by atoms with Gasteiger partial charge in [-0.05, 0) is 25.2 Å². The van der Waals surface area contributed by atoms with Gasteiger partial charge in [-0.2, -0.15) is 0 Å². The summed E-state index contributed by atoms with van der Waals surface area (Å²) >= 11 is 0. The van der Waals surface area contributed by atoms with Gasteiger partial charge in [-0.1, -0.05) is 304 Å². The Morgan fingerprint density at radius 3 is 0.742 bits per heavy atom. The quantitative estimate of drug-likeness (QED) is 0.0343. The van der Waals surface area contributed by atoms with E-state index in [2.05, 4.69) is 27.7 Å². The van der Waals surface area contributed by atoms with Gasteiger partial charge in [-0.25, -0.2) is 0 Å². The van der Waals surface area contributed by atoms with E-state index in [0.717, 1.165) is 63.7 Å². The van der Waals surface area contributed by atoms with Crippen molar-refractivity contribution in [2.24, 2.45) is 5.92 Å². The maximum Gasteiger partial charge on any atom is 0.306 e. The molecule has 0 N–H and O–H groups in total. The molecule has 0 heterocycles. The van der Waals surface area contributed by atoms with Crippen molar-refractivity contribution < 1.29 is 28.6 Å². The first kappa shape index (κ1) is 64.4. The van der Waals surface area contributed by atoms with Crippen LogP contribution in [0.3, 0.4) is 0 Å². The van der Waals surface area contributed by atoms with Gasteiger partial charge in [-0.3, -0.25) is 14.4 Å². The second-order valence-electron chi connectivity index (χ2n) is 21.1. The highest BCUT2D eigenvalue weighted by Gasteiger charge is 2.19. The molecule has 0 amide bonds. The molecule has 0 rings (SSSR count). The molecule has 6 heteroatoms. The number of unbranched alkanes of at least 4 members (excludes halogenated alkanes) is 42. The predicted molar refractivity (Wildman–Crippen MR) is 284 cm³/mol. The minimum absolute atomic E-state index is 0.0617. The summed E-state index contributed by atoms with van der Waals surface area (Å²) in [5.41, 5.74) is 0. The molecule has 0 radical (unpaired) electrons. The molecule has 1 atom stereocenters. The number of esters is 3. The third kappa shape index (κ3) is 53.4. The second-order valence-corrected chi connectivity index (χ2v) is 21.1. The first-order valence-electron chi connectivity index (χ1n) is 29.9. The summed E-state index contributed by atoms with van der Waals surface area (Å²) in [6.07, 6.45) is 59.6. The molecule has 0 spiro atoms. The second kappa shape index (κ2) is 54.4. The lowest BCUT2D eigenvalue weighted by Gasteiger charge is -2.18. The summed E-state index contributed by atoms with van der Waals surface area (Å²) in [5, 5.41) is 0. The summed E-state index contributed by atoms with van der Waals surface area (Å²) in [6.45, 7) is 9.07. The Kier molecular flexibility index (Phi) is 53.0. The molecule has 392 valence electrons. The van der Waals surface area contributed by atoms with Crippen LogP contribution in [0.4, 0.5) is 0 Å². The van der Waals surface area contributed by atoms with Gasteiger partial charge < -0.3 is 14.2 Å². The fourth-order valence-electron chi connectivity index (χ4n) is 9.28. The zero-order valence-electron chi connectivity index (χ0n) is 45.2. The summed E-state index contributed by atoms with van der Waals surface area (Å²) in [7, 11) is 0. The largest absolute Gasteiger partial charge is 0.462 e. The van der Waals surface area contributed by atoms with Crippen molar-refractivity contribution in [3.8, 4) is 0 Å². The van der Waals surface area contributed by atoms with Gasteiger partial charge in [0.15, 0.2) is 6.10 Å². The number of carbonyl (C=O) groups is 3. The Hall–Kier alpha value is -1.59. The van der Waals surface area contributed by atoms with Crippen molar-refractivity contribution in [1.29, 1.82) is 0 Å². The SMILES string of the molecule is CCCCCCCCCCCCCCCCCCCCCC(=O)OC[C@H](COC(=O)CCCCCCCCCCCC)OC(=O)CCCCCCCCCCCCCCCCCCC(C)C. The molecule has 0 aliphatic heterocycles. The van der Waals surface area contributed by atoms with Crippen LogP contribution in [-0.2, 0) is 28.6 Å². The lowest BCUT2D eigenvalue weighted by molar-refractivity contribution is -0.167. The van der Waals surface area contributed by atoms with Crippen LogP contribution in [0.1, 0.15) is 342 Å². The standard InChI is InChI=1S/C60H116O6/c1-5-7-9-11-13-15-17-18-19-20-21-22-26-29-32-36-40-44-48-52-59(62)65-55-57(54-64-58(61)51-47-43-39-35-16-14-12-10-8-6-2)66-60(63)53-49-45-41-37-33-30-27-24-23-25-28-31-34-38-42-46-50-56(3)4/h56-57H,5-55H2,1-4H3/t57-/m0/s1. The van der Waals surface area contributed by atoms with Crippen molar-refractivity contribution >= 4 is 17.9 Å². The minimum atomic E-state index is -0.761. The Bertz CT molecular complexity index is 996. The van der Waals surface area contributed by atoms with E-state index in [1.165, 1.54) is 238 Å². The Morgan fingerprint density at radius 2 is 0.500 bits per heavy atom. The Balaban J connectivity index is 4.21. The highest BCUT2D eigenvalue weighted by Crippen LogP contribution is 2.18. The van der Waals surface area contributed by atoms with Crippen LogP contribution in [0.2, 0.25) is 0 Å². The van der Waals surface area contributed by atoms with Gasteiger partial charge in [0.25, 0.3) is 0 Å².